The number of rotatable bonds is 3. The zero-order valence-electron chi connectivity index (χ0n) is 8.61. The van der Waals surface area contributed by atoms with Crippen LogP contribution >= 0.6 is 11.8 Å². The number of hydrogen-bond donors (Lipinski definition) is 1. The summed E-state index contributed by atoms with van der Waals surface area (Å²) < 4.78 is 18.3. The van der Waals surface area contributed by atoms with E-state index >= 15 is 0 Å². The fraction of sp³-hybridized carbons (Fsp3) is 0.200. The van der Waals surface area contributed by atoms with Gasteiger partial charge in [-0.1, -0.05) is 5.16 Å². The Bertz CT molecular complexity index is 501. The molecule has 0 aliphatic carbocycles. The molecule has 0 atom stereocenters. The standard InChI is InChI=1S/C10H10FN3OS/c1-16-8-3-2-6(4-7(8)11)10-13-9(5-12)15-14-10/h2-4H,5,12H2,1H3. The number of nitrogens with two attached hydrogens (primary N) is 1. The molecule has 0 spiro atoms. The van der Waals surface area contributed by atoms with Crippen molar-refractivity contribution in [1.29, 1.82) is 0 Å². The fourth-order valence-corrected chi connectivity index (χ4v) is 1.72. The second-order valence-corrected chi connectivity index (χ2v) is 3.91. The molecule has 6 heteroatoms. The predicted octanol–water partition coefficient (Wildman–Crippen LogP) is 2.06. The number of thioether (sulfide) groups is 1. The third kappa shape index (κ3) is 2.07. The van der Waals surface area contributed by atoms with E-state index in [-0.39, 0.29) is 12.4 Å². The summed E-state index contributed by atoms with van der Waals surface area (Å²) in [6.45, 7) is 0.179. The quantitative estimate of drug-likeness (QED) is 0.830. The fourth-order valence-electron chi connectivity index (χ4n) is 1.26. The van der Waals surface area contributed by atoms with Crippen molar-refractivity contribution in [3.63, 3.8) is 0 Å². The smallest absolute Gasteiger partial charge is 0.240 e. The van der Waals surface area contributed by atoms with Crippen LogP contribution in [0.3, 0.4) is 0 Å². The molecule has 1 aromatic heterocycles. The van der Waals surface area contributed by atoms with Gasteiger partial charge in [0.15, 0.2) is 0 Å². The van der Waals surface area contributed by atoms with E-state index in [9.17, 15) is 4.39 Å². The molecule has 0 amide bonds. The van der Waals surface area contributed by atoms with Crippen LogP contribution in [0.15, 0.2) is 27.6 Å². The summed E-state index contributed by atoms with van der Waals surface area (Å²) >= 11 is 1.35. The normalized spacial score (nSPS) is 10.7. The minimum atomic E-state index is -0.288. The second-order valence-electron chi connectivity index (χ2n) is 3.07. The molecule has 0 bridgehead atoms. The molecule has 2 N–H and O–H groups in total. The molecule has 1 aromatic carbocycles. The van der Waals surface area contributed by atoms with E-state index in [4.69, 9.17) is 10.3 Å². The molecule has 2 aromatic rings. The Morgan fingerprint density at radius 1 is 1.50 bits per heavy atom. The predicted molar refractivity (Wildman–Crippen MR) is 59.4 cm³/mol. The summed E-state index contributed by atoms with van der Waals surface area (Å²) in [5.41, 5.74) is 5.93. The Morgan fingerprint density at radius 3 is 2.88 bits per heavy atom. The highest BCUT2D eigenvalue weighted by molar-refractivity contribution is 7.98. The summed E-state index contributed by atoms with van der Waals surface area (Å²) in [6.07, 6.45) is 1.82. The summed E-state index contributed by atoms with van der Waals surface area (Å²) in [5, 5.41) is 3.71. The highest BCUT2D eigenvalue weighted by atomic mass is 32.2. The molecule has 4 nitrogen and oxygen atoms in total. The van der Waals surface area contributed by atoms with Gasteiger partial charge in [-0.25, -0.2) is 4.39 Å². The molecule has 84 valence electrons. The first-order valence-electron chi connectivity index (χ1n) is 4.61. The molecular weight excluding hydrogens is 229 g/mol. The lowest BCUT2D eigenvalue weighted by Gasteiger charge is -1.99. The highest BCUT2D eigenvalue weighted by Gasteiger charge is 2.09. The molecule has 16 heavy (non-hydrogen) atoms. The van der Waals surface area contributed by atoms with Gasteiger partial charge in [0.05, 0.1) is 6.54 Å². The number of nitrogens with zero attached hydrogens (tertiary/aromatic N) is 2. The molecule has 0 unspecified atom stereocenters. The van der Waals surface area contributed by atoms with Crippen LogP contribution in [0.1, 0.15) is 5.89 Å². The Hall–Kier alpha value is -1.40. The van der Waals surface area contributed by atoms with Gasteiger partial charge in [-0.2, -0.15) is 4.98 Å². The van der Waals surface area contributed by atoms with Crippen LogP contribution in [0, 0.1) is 5.82 Å². The molecule has 0 fully saturated rings. The largest absolute Gasteiger partial charge is 0.338 e. The molecule has 0 aliphatic heterocycles. The van der Waals surface area contributed by atoms with Gasteiger partial charge in [-0.3, -0.25) is 0 Å². The van der Waals surface area contributed by atoms with Crippen molar-refractivity contribution in [2.45, 2.75) is 11.4 Å². The first-order chi connectivity index (χ1) is 7.74. The van der Waals surface area contributed by atoms with Crippen LogP contribution in [0.25, 0.3) is 11.4 Å². The van der Waals surface area contributed by atoms with Gasteiger partial charge in [-0.05, 0) is 24.5 Å². The lowest BCUT2D eigenvalue weighted by atomic mass is 10.2. The van der Waals surface area contributed by atoms with E-state index in [1.807, 2.05) is 6.26 Å². The van der Waals surface area contributed by atoms with Crippen molar-refractivity contribution in [3.05, 3.63) is 29.9 Å². The zero-order chi connectivity index (χ0) is 11.5. The van der Waals surface area contributed by atoms with Gasteiger partial charge in [-0.15, -0.1) is 11.8 Å². The van der Waals surface area contributed by atoms with Crippen LogP contribution in [-0.2, 0) is 6.54 Å². The Labute approximate surface area is 96.0 Å². The van der Waals surface area contributed by atoms with Gasteiger partial charge in [0.1, 0.15) is 5.82 Å². The molecule has 0 aliphatic rings. The third-order valence-electron chi connectivity index (χ3n) is 2.05. The molecule has 0 saturated carbocycles. The maximum Gasteiger partial charge on any atom is 0.240 e. The molecule has 1 heterocycles. The van der Waals surface area contributed by atoms with Crippen LogP contribution in [0.5, 0.6) is 0 Å². The topological polar surface area (TPSA) is 64.9 Å². The minimum Gasteiger partial charge on any atom is -0.338 e. The Kier molecular flexibility index (Phi) is 3.21. The van der Waals surface area contributed by atoms with E-state index in [1.54, 1.807) is 12.1 Å². The van der Waals surface area contributed by atoms with Crippen molar-refractivity contribution in [3.8, 4) is 11.4 Å². The van der Waals surface area contributed by atoms with Crippen molar-refractivity contribution in [1.82, 2.24) is 10.1 Å². The SMILES string of the molecule is CSc1ccc(-c2noc(CN)n2)cc1F. The first kappa shape index (κ1) is 11.1. The summed E-state index contributed by atoms with van der Waals surface area (Å²) in [5.74, 6) is 0.403. The lowest BCUT2D eigenvalue weighted by Crippen LogP contribution is -1.95. The van der Waals surface area contributed by atoms with Crippen molar-refractivity contribution >= 4 is 11.8 Å². The number of benzene rings is 1. The van der Waals surface area contributed by atoms with E-state index in [0.29, 0.717) is 22.2 Å². The Morgan fingerprint density at radius 2 is 2.31 bits per heavy atom. The molecule has 0 radical (unpaired) electrons. The number of halogens is 1. The number of hydrogen-bond acceptors (Lipinski definition) is 5. The van der Waals surface area contributed by atoms with Crippen molar-refractivity contribution in [2.24, 2.45) is 5.73 Å². The molecular formula is C10H10FN3OS. The average Bonchev–Trinajstić information content (AvgIpc) is 2.77. The van der Waals surface area contributed by atoms with Crippen LogP contribution in [0.2, 0.25) is 0 Å². The van der Waals surface area contributed by atoms with E-state index < -0.39 is 0 Å². The van der Waals surface area contributed by atoms with E-state index in [2.05, 4.69) is 10.1 Å². The van der Waals surface area contributed by atoms with E-state index in [1.165, 1.54) is 17.8 Å². The summed E-state index contributed by atoms with van der Waals surface area (Å²) in [7, 11) is 0. The van der Waals surface area contributed by atoms with Gasteiger partial charge >= 0.3 is 0 Å². The Balaban J connectivity index is 2.37. The van der Waals surface area contributed by atoms with Gasteiger partial charge in [0.2, 0.25) is 11.7 Å². The summed E-state index contributed by atoms with van der Waals surface area (Å²) in [4.78, 5) is 4.61. The van der Waals surface area contributed by atoms with Crippen molar-refractivity contribution < 1.29 is 8.91 Å². The maximum absolute atomic E-state index is 13.5. The lowest BCUT2D eigenvalue weighted by molar-refractivity contribution is 0.380. The van der Waals surface area contributed by atoms with Gasteiger partial charge < -0.3 is 10.3 Å². The molecule has 0 saturated heterocycles. The maximum atomic E-state index is 13.5. The summed E-state index contributed by atoms with van der Waals surface area (Å²) in [6, 6.07) is 4.82. The van der Waals surface area contributed by atoms with Gasteiger partial charge in [0, 0.05) is 10.5 Å². The monoisotopic (exact) mass is 239 g/mol. The van der Waals surface area contributed by atoms with Crippen LogP contribution < -0.4 is 5.73 Å². The first-order valence-corrected chi connectivity index (χ1v) is 5.83. The number of aromatic nitrogens is 2. The van der Waals surface area contributed by atoms with Crippen LogP contribution in [0.4, 0.5) is 4.39 Å². The van der Waals surface area contributed by atoms with Crippen LogP contribution in [-0.4, -0.2) is 16.4 Å². The minimum absolute atomic E-state index is 0.179. The van der Waals surface area contributed by atoms with Gasteiger partial charge in [0.25, 0.3) is 0 Å². The molecule has 2 rings (SSSR count). The average molecular weight is 239 g/mol. The highest BCUT2D eigenvalue weighted by Crippen LogP contribution is 2.24. The van der Waals surface area contributed by atoms with Crippen molar-refractivity contribution in [2.75, 3.05) is 6.26 Å². The van der Waals surface area contributed by atoms with E-state index in [0.717, 1.165) is 0 Å². The second kappa shape index (κ2) is 4.63. The zero-order valence-corrected chi connectivity index (χ0v) is 9.42. The third-order valence-corrected chi connectivity index (χ3v) is 2.82.